The summed E-state index contributed by atoms with van der Waals surface area (Å²) in [5.74, 6) is 0. The fourth-order valence-electron chi connectivity index (χ4n) is 1.97. The molecule has 19 heavy (non-hydrogen) atoms. The van der Waals surface area contributed by atoms with E-state index in [1.54, 1.807) is 0 Å². The van der Waals surface area contributed by atoms with E-state index < -0.39 is 6.10 Å². The highest BCUT2D eigenvalue weighted by molar-refractivity contribution is 14.1. The molecule has 1 aliphatic heterocycles. The number of ether oxygens (including phenoxy) is 2. The average molecular weight is 377 g/mol. The zero-order chi connectivity index (χ0) is 13.5. The van der Waals surface area contributed by atoms with Gasteiger partial charge in [0.25, 0.3) is 0 Å². The second-order valence-electron chi connectivity index (χ2n) is 4.71. The van der Waals surface area contributed by atoms with Crippen molar-refractivity contribution in [3.8, 4) is 0 Å². The number of benzene rings is 1. The van der Waals surface area contributed by atoms with Gasteiger partial charge in [-0.1, -0.05) is 0 Å². The molecule has 1 aliphatic rings. The summed E-state index contributed by atoms with van der Waals surface area (Å²) in [7, 11) is 0. The normalized spacial score (nSPS) is 20.4. The molecule has 1 aromatic carbocycles. The maximum Gasteiger partial charge on any atom is 0.0945 e. The van der Waals surface area contributed by atoms with E-state index in [1.165, 1.54) is 3.57 Å². The van der Waals surface area contributed by atoms with Gasteiger partial charge in [0.1, 0.15) is 0 Å². The number of nitrogens with one attached hydrogen (secondary N) is 1. The molecule has 5 heteroatoms. The Balaban J connectivity index is 1.58. The number of hydrogen-bond acceptors (Lipinski definition) is 4. The van der Waals surface area contributed by atoms with E-state index in [-0.39, 0.29) is 6.10 Å². The lowest BCUT2D eigenvalue weighted by atomic mass is 10.2. The van der Waals surface area contributed by atoms with Gasteiger partial charge in [0.05, 0.1) is 25.4 Å². The minimum absolute atomic E-state index is 0.219. The van der Waals surface area contributed by atoms with Crippen molar-refractivity contribution in [1.29, 1.82) is 0 Å². The molecule has 0 spiro atoms. The quantitative estimate of drug-likeness (QED) is 0.716. The Labute approximate surface area is 127 Å². The van der Waals surface area contributed by atoms with Gasteiger partial charge in [-0.15, -0.1) is 0 Å². The molecular formula is C14H20INO3. The SMILES string of the molecule is OC(CNc1ccc(I)cc1)COCC1CCCO1. The van der Waals surface area contributed by atoms with E-state index in [9.17, 15) is 5.11 Å². The lowest BCUT2D eigenvalue weighted by molar-refractivity contribution is -0.0137. The van der Waals surface area contributed by atoms with Gasteiger partial charge in [-0.05, 0) is 59.7 Å². The molecule has 1 aromatic rings. The molecule has 1 saturated heterocycles. The van der Waals surface area contributed by atoms with E-state index in [4.69, 9.17) is 9.47 Å². The van der Waals surface area contributed by atoms with E-state index in [1.807, 2.05) is 24.3 Å². The first-order valence-electron chi connectivity index (χ1n) is 6.61. The molecule has 2 rings (SSSR count). The second kappa shape index (κ2) is 8.04. The molecule has 2 N–H and O–H groups in total. The van der Waals surface area contributed by atoms with Crippen LogP contribution in [-0.4, -0.2) is 43.7 Å². The maximum absolute atomic E-state index is 9.81. The number of aliphatic hydroxyl groups excluding tert-OH is 1. The van der Waals surface area contributed by atoms with Crippen LogP contribution >= 0.6 is 22.6 Å². The van der Waals surface area contributed by atoms with Crippen LogP contribution in [0.25, 0.3) is 0 Å². The van der Waals surface area contributed by atoms with E-state index in [2.05, 4.69) is 27.9 Å². The molecule has 0 saturated carbocycles. The van der Waals surface area contributed by atoms with E-state index in [0.717, 1.165) is 25.1 Å². The third-order valence-corrected chi connectivity index (χ3v) is 3.74. The molecule has 2 unspecified atom stereocenters. The van der Waals surface area contributed by atoms with Crippen LogP contribution in [0, 0.1) is 3.57 Å². The van der Waals surface area contributed by atoms with Crippen molar-refractivity contribution in [1.82, 2.24) is 0 Å². The molecular weight excluding hydrogens is 357 g/mol. The fraction of sp³-hybridized carbons (Fsp3) is 0.571. The van der Waals surface area contributed by atoms with Gasteiger partial charge >= 0.3 is 0 Å². The molecule has 106 valence electrons. The third kappa shape index (κ3) is 5.64. The predicted molar refractivity (Wildman–Crippen MR) is 83.4 cm³/mol. The molecule has 0 bridgehead atoms. The van der Waals surface area contributed by atoms with Crippen LogP contribution in [0.2, 0.25) is 0 Å². The van der Waals surface area contributed by atoms with Crippen molar-refractivity contribution in [2.45, 2.75) is 25.0 Å². The number of hydrogen-bond donors (Lipinski definition) is 2. The summed E-state index contributed by atoms with van der Waals surface area (Å²) in [5.41, 5.74) is 1.01. The van der Waals surface area contributed by atoms with Crippen LogP contribution in [-0.2, 0) is 9.47 Å². The Bertz CT molecular complexity index is 365. The van der Waals surface area contributed by atoms with Crippen molar-refractivity contribution >= 4 is 28.3 Å². The highest BCUT2D eigenvalue weighted by Gasteiger charge is 2.16. The van der Waals surface area contributed by atoms with Crippen molar-refractivity contribution in [3.05, 3.63) is 27.8 Å². The van der Waals surface area contributed by atoms with E-state index in [0.29, 0.717) is 19.8 Å². The van der Waals surface area contributed by atoms with Crippen LogP contribution in [0.5, 0.6) is 0 Å². The Kier molecular flexibility index (Phi) is 6.36. The smallest absolute Gasteiger partial charge is 0.0945 e. The van der Waals surface area contributed by atoms with Crippen molar-refractivity contribution < 1.29 is 14.6 Å². The monoisotopic (exact) mass is 377 g/mol. The first-order chi connectivity index (χ1) is 9.24. The van der Waals surface area contributed by atoms with Crippen LogP contribution in [0.3, 0.4) is 0 Å². The first kappa shape index (κ1) is 15.0. The summed E-state index contributed by atoms with van der Waals surface area (Å²) in [6, 6.07) is 8.07. The molecule has 0 aromatic heterocycles. The van der Waals surface area contributed by atoms with Gasteiger partial charge in [0.2, 0.25) is 0 Å². The Hall–Kier alpha value is -0.370. The van der Waals surface area contributed by atoms with E-state index >= 15 is 0 Å². The van der Waals surface area contributed by atoms with Gasteiger partial charge in [0, 0.05) is 22.4 Å². The van der Waals surface area contributed by atoms with Gasteiger partial charge in [0.15, 0.2) is 0 Å². The van der Waals surface area contributed by atoms with Gasteiger partial charge in [-0.25, -0.2) is 0 Å². The minimum atomic E-state index is -0.499. The zero-order valence-corrected chi connectivity index (χ0v) is 13.0. The zero-order valence-electron chi connectivity index (χ0n) is 10.8. The van der Waals surface area contributed by atoms with Crippen LogP contribution in [0.15, 0.2) is 24.3 Å². The molecule has 1 heterocycles. The molecule has 0 aliphatic carbocycles. The number of rotatable bonds is 7. The summed E-state index contributed by atoms with van der Waals surface area (Å²) in [5, 5.41) is 13.0. The average Bonchev–Trinajstić information content (AvgIpc) is 2.91. The molecule has 4 nitrogen and oxygen atoms in total. The van der Waals surface area contributed by atoms with Crippen molar-refractivity contribution in [3.63, 3.8) is 0 Å². The Morgan fingerprint density at radius 1 is 1.42 bits per heavy atom. The number of halogens is 1. The Morgan fingerprint density at radius 2 is 2.21 bits per heavy atom. The number of anilines is 1. The summed E-state index contributed by atoms with van der Waals surface area (Å²) < 4.78 is 12.1. The van der Waals surface area contributed by atoms with Crippen LogP contribution in [0.1, 0.15) is 12.8 Å². The summed E-state index contributed by atoms with van der Waals surface area (Å²) in [6.07, 6.45) is 1.90. The fourth-order valence-corrected chi connectivity index (χ4v) is 2.33. The standard InChI is InChI=1S/C14H20INO3/c15-11-3-5-12(6-4-11)16-8-13(17)9-18-10-14-2-1-7-19-14/h3-6,13-14,16-17H,1-2,7-10H2. The van der Waals surface area contributed by atoms with Crippen LogP contribution < -0.4 is 5.32 Å². The highest BCUT2D eigenvalue weighted by Crippen LogP contribution is 2.12. The van der Waals surface area contributed by atoms with Crippen molar-refractivity contribution in [2.24, 2.45) is 0 Å². The largest absolute Gasteiger partial charge is 0.389 e. The Morgan fingerprint density at radius 3 is 2.89 bits per heavy atom. The second-order valence-corrected chi connectivity index (χ2v) is 5.96. The predicted octanol–water partition coefficient (Wildman–Crippen LogP) is 2.26. The maximum atomic E-state index is 9.81. The summed E-state index contributed by atoms with van der Waals surface area (Å²) >= 11 is 2.27. The van der Waals surface area contributed by atoms with Gasteiger partial charge in [-0.3, -0.25) is 0 Å². The summed E-state index contributed by atoms with van der Waals surface area (Å²) in [4.78, 5) is 0. The first-order valence-corrected chi connectivity index (χ1v) is 7.69. The molecule has 0 amide bonds. The topological polar surface area (TPSA) is 50.7 Å². The third-order valence-electron chi connectivity index (χ3n) is 3.02. The lowest BCUT2D eigenvalue weighted by Crippen LogP contribution is -2.27. The summed E-state index contributed by atoms with van der Waals surface area (Å²) in [6.45, 7) is 2.26. The van der Waals surface area contributed by atoms with Crippen molar-refractivity contribution in [2.75, 3.05) is 31.7 Å². The number of aliphatic hydroxyl groups is 1. The molecule has 0 radical (unpaired) electrons. The highest BCUT2D eigenvalue weighted by atomic mass is 127. The minimum Gasteiger partial charge on any atom is -0.389 e. The van der Waals surface area contributed by atoms with Gasteiger partial charge in [-0.2, -0.15) is 0 Å². The van der Waals surface area contributed by atoms with Gasteiger partial charge < -0.3 is 19.9 Å². The molecule has 2 atom stereocenters. The molecule has 1 fully saturated rings. The lowest BCUT2D eigenvalue weighted by Gasteiger charge is -2.15. The van der Waals surface area contributed by atoms with Crippen LogP contribution in [0.4, 0.5) is 5.69 Å².